The summed E-state index contributed by atoms with van der Waals surface area (Å²) >= 11 is 0. The second kappa shape index (κ2) is 4.06. The largest absolute Gasteiger partial charge is 0.490 e. The van der Waals surface area contributed by atoms with Crippen molar-refractivity contribution in [3.05, 3.63) is 29.3 Å². The summed E-state index contributed by atoms with van der Waals surface area (Å²) in [5, 5.41) is 9.09. The van der Waals surface area contributed by atoms with E-state index in [1.165, 1.54) is 0 Å². The van der Waals surface area contributed by atoms with E-state index >= 15 is 0 Å². The summed E-state index contributed by atoms with van der Waals surface area (Å²) in [6, 6.07) is 5.28. The summed E-state index contributed by atoms with van der Waals surface area (Å²) < 4.78 is 5.69. The Hall–Kier alpha value is -1.51. The van der Waals surface area contributed by atoms with Gasteiger partial charge < -0.3 is 9.84 Å². The molecule has 0 atom stereocenters. The predicted octanol–water partition coefficient (Wildman–Crippen LogP) is 3.22. The number of rotatable bonds is 3. The minimum Gasteiger partial charge on any atom is -0.490 e. The number of benzene rings is 1. The summed E-state index contributed by atoms with van der Waals surface area (Å²) in [6.45, 7) is 6.19. The number of carboxylic acids is 1. The van der Waals surface area contributed by atoms with Gasteiger partial charge in [0.25, 0.3) is 0 Å². The van der Waals surface area contributed by atoms with Crippen molar-refractivity contribution in [2.45, 2.75) is 45.1 Å². The second-order valence-electron chi connectivity index (χ2n) is 5.62. The van der Waals surface area contributed by atoms with E-state index in [9.17, 15) is 4.79 Å². The molecule has 17 heavy (non-hydrogen) atoms. The van der Waals surface area contributed by atoms with Crippen molar-refractivity contribution in [2.75, 3.05) is 0 Å². The molecule has 1 aromatic rings. The van der Waals surface area contributed by atoms with E-state index in [0.29, 0.717) is 11.3 Å². The fourth-order valence-electron chi connectivity index (χ4n) is 1.60. The molecule has 2 rings (SSSR count). The van der Waals surface area contributed by atoms with Crippen LogP contribution in [0.2, 0.25) is 0 Å². The van der Waals surface area contributed by atoms with Gasteiger partial charge in [-0.25, -0.2) is 4.79 Å². The van der Waals surface area contributed by atoms with Crippen molar-refractivity contribution in [3.8, 4) is 5.75 Å². The van der Waals surface area contributed by atoms with Crippen LogP contribution in [0.3, 0.4) is 0 Å². The zero-order valence-corrected chi connectivity index (χ0v) is 10.5. The van der Waals surface area contributed by atoms with E-state index in [1.807, 2.05) is 6.07 Å². The van der Waals surface area contributed by atoms with Gasteiger partial charge in [0.2, 0.25) is 0 Å². The monoisotopic (exact) mass is 234 g/mol. The van der Waals surface area contributed by atoms with Crippen molar-refractivity contribution in [3.63, 3.8) is 0 Å². The zero-order chi connectivity index (χ0) is 12.6. The van der Waals surface area contributed by atoms with Gasteiger partial charge in [-0.15, -0.1) is 0 Å². The van der Waals surface area contributed by atoms with Gasteiger partial charge in [-0.05, 0) is 42.0 Å². The Morgan fingerprint density at radius 3 is 2.41 bits per heavy atom. The molecule has 3 nitrogen and oxygen atoms in total. The first-order chi connectivity index (χ1) is 7.86. The minimum absolute atomic E-state index is 0.0763. The van der Waals surface area contributed by atoms with Crippen LogP contribution in [0.5, 0.6) is 5.75 Å². The van der Waals surface area contributed by atoms with Crippen LogP contribution < -0.4 is 4.74 Å². The zero-order valence-electron chi connectivity index (χ0n) is 10.5. The van der Waals surface area contributed by atoms with Crippen molar-refractivity contribution in [1.29, 1.82) is 0 Å². The average Bonchev–Trinajstić information content (AvgIpc) is 2.99. The molecule has 92 valence electrons. The molecule has 3 heteroatoms. The topological polar surface area (TPSA) is 46.5 Å². The third-order valence-corrected chi connectivity index (χ3v) is 2.85. The highest BCUT2D eigenvalue weighted by Gasteiger charge is 2.25. The van der Waals surface area contributed by atoms with Crippen LogP contribution in [-0.2, 0) is 5.41 Å². The Morgan fingerprint density at radius 1 is 1.29 bits per heavy atom. The first kappa shape index (κ1) is 12.0. The quantitative estimate of drug-likeness (QED) is 0.873. The van der Waals surface area contributed by atoms with Crippen LogP contribution in [0.15, 0.2) is 18.2 Å². The van der Waals surface area contributed by atoms with E-state index in [1.54, 1.807) is 12.1 Å². The Bertz CT molecular complexity index is 439. The van der Waals surface area contributed by atoms with Gasteiger partial charge in [0.15, 0.2) is 0 Å². The number of carbonyl (C=O) groups is 1. The standard InChI is InChI=1S/C14H18O3/c1-14(2,3)10-6-9(13(15)16)7-12(8-10)17-11-4-5-11/h6-8,11H,4-5H2,1-3H3,(H,15,16). The number of carboxylic acid groups (broad SMARTS) is 1. The molecule has 0 amide bonds. The molecule has 0 bridgehead atoms. The molecule has 1 aliphatic rings. The SMILES string of the molecule is CC(C)(C)c1cc(OC2CC2)cc(C(=O)O)c1. The highest BCUT2D eigenvalue weighted by atomic mass is 16.5. The normalized spacial score (nSPS) is 15.7. The summed E-state index contributed by atoms with van der Waals surface area (Å²) in [5.41, 5.74) is 1.22. The van der Waals surface area contributed by atoms with Crippen molar-refractivity contribution in [2.24, 2.45) is 0 Å². The third kappa shape index (κ3) is 2.99. The van der Waals surface area contributed by atoms with Gasteiger partial charge in [0, 0.05) is 0 Å². The maximum Gasteiger partial charge on any atom is 0.335 e. The Labute approximate surface area is 101 Å². The lowest BCUT2D eigenvalue weighted by atomic mass is 9.86. The van der Waals surface area contributed by atoms with Crippen molar-refractivity contribution in [1.82, 2.24) is 0 Å². The molecule has 1 saturated carbocycles. The molecule has 0 saturated heterocycles. The fourth-order valence-corrected chi connectivity index (χ4v) is 1.60. The number of hydrogen-bond acceptors (Lipinski definition) is 2. The van der Waals surface area contributed by atoms with E-state index in [-0.39, 0.29) is 11.5 Å². The first-order valence-corrected chi connectivity index (χ1v) is 5.92. The molecule has 0 aliphatic heterocycles. The van der Waals surface area contributed by atoms with Crippen LogP contribution in [0.25, 0.3) is 0 Å². The van der Waals surface area contributed by atoms with Crippen molar-refractivity contribution < 1.29 is 14.6 Å². The molecule has 0 aromatic heterocycles. The van der Waals surface area contributed by atoms with E-state index < -0.39 is 5.97 Å². The van der Waals surface area contributed by atoms with Crippen LogP contribution >= 0.6 is 0 Å². The van der Waals surface area contributed by atoms with Gasteiger partial charge in [0.1, 0.15) is 5.75 Å². The molecule has 0 heterocycles. The number of hydrogen-bond donors (Lipinski definition) is 1. The number of ether oxygens (including phenoxy) is 1. The lowest BCUT2D eigenvalue weighted by molar-refractivity contribution is 0.0696. The smallest absolute Gasteiger partial charge is 0.335 e. The predicted molar refractivity (Wildman–Crippen MR) is 65.8 cm³/mol. The first-order valence-electron chi connectivity index (χ1n) is 5.92. The van der Waals surface area contributed by atoms with Gasteiger partial charge >= 0.3 is 5.97 Å². The molecule has 0 unspecified atom stereocenters. The summed E-state index contributed by atoms with van der Waals surface area (Å²) in [4.78, 5) is 11.1. The van der Waals surface area contributed by atoms with E-state index in [0.717, 1.165) is 18.4 Å². The Balaban J connectivity index is 2.37. The highest BCUT2D eigenvalue weighted by Crippen LogP contribution is 2.31. The Kier molecular flexibility index (Phi) is 2.86. The van der Waals surface area contributed by atoms with Gasteiger partial charge in [-0.2, -0.15) is 0 Å². The van der Waals surface area contributed by atoms with Gasteiger partial charge in [-0.1, -0.05) is 20.8 Å². The van der Waals surface area contributed by atoms with Crippen molar-refractivity contribution >= 4 is 5.97 Å². The molecule has 0 radical (unpaired) electrons. The summed E-state index contributed by atoms with van der Waals surface area (Å²) in [7, 11) is 0. The van der Waals surface area contributed by atoms with Crippen LogP contribution in [0.1, 0.15) is 49.5 Å². The lowest BCUT2D eigenvalue weighted by Gasteiger charge is -2.20. The summed E-state index contributed by atoms with van der Waals surface area (Å²) in [5.74, 6) is -0.228. The lowest BCUT2D eigenvalue weighted by Crippen LogP contribution is -2.13. The van der Waals surface area contributed by atoms with Crippen LogP contribution in [-0.4, -0.2) is 17.2 Å². The molecule has 1 fully saturated rings. The van der Waals surface area contributed by atoms with Crippen LogP contribution in [0.4, 0.5) is 0 Å². The molecular weight excluding hydrogens is 216 g/mol. The minimum atomic E-state index is -0.906. The molecule has 1 N–H and O–H groups in total. The third-order valence-electron chi connectivity index (χ3n) is 2.85. The maximum atomic E-state index is 11.1. The van der Waals surface area contributed by atoms with Crippen LogP contribution in [0, 0.1) is 0 Å². The van der Waals surface area contributed by atoms with E-state index in [2.05, 4.69) is 20.8 Å². The number of aromatic carboxylic acids is 1. The molecule has 0 spiro atoms. The molecule has 1 aliphatic carbocycles. The van der Waals surface area contributed by atoms with Gasteiger partial charge in [-0.3, -0.25) is 0 Å². The molecule has 1 aromatic carbocycles. The Morgan fingerprint density at radius 2 is 1.94 bits per heavy atom. The average molecular weight is 234 g/mol. The highest BCUT2D eigenvalue weighted by molar-refractivity contribution is 5.88. The molecular formula is C14H18O3. The van der Waals surface area contributed by atoms with E-state index in [4.69, 9.17) is 9.84 Å². The fraction of sp³-hybridized carbons (Fsp3) is 0.500. The van der Waals surface area contributed by atoms with Gasteiger partial charge in [0.05, 0.1) is 11.7 Å². The summed E-state index contributed by atoms with van der Waals surface area (Å²) in [6.07, 6.45) is 2.43. The second-order valence-corrected chi connectivity index (χ2v) is 5.62. The maximum absolute atomic E-state index is 11.1.